The van der Waals surface area contributed by atoms with Crippen LogP contribution in [0, 0.1) is 0 Å². The van der Waals surface area contributed by atoms with E-state index >= 15 is 0 Å². The lowest BCUT2D eigenvalue weighted by Crippen LogP contribution is -2.40. The van der Waals surface area contributed by atoms with Gasteiger partial charge in [-0.15, -0.1) is 0 Å². The lowest BCUT2D eigenvalue weighted by molar-refractivity contribution is -0.125. The van der Waals surface area contributed by atoms with Gasteiger partial charge in [0.15, 0.2) is 0 Å². The highest BCUT2D eigenvalue weighted by atomic mass is 16.3. The van der Waals surface area contributed by atoms with Crippen LogP contribution in [0.3, 0.4) is 0 Å². The molecule has 1 fully saturated rings. The summed E-state index contributed by atoms with van der Waals surface area (Å²) >= 11 is 0. The largest absolute Gasteiger partial charge is 0.392 e. The highest BCUT2D eigenvalue weighted by Crippen LogP contribution is 2.01. The summed E-state index contributed by atoms with van der Waals surface area (Å²) in [6.07, 6.45) is 0.355. The van der Waals surface area contributed by atoms with E-state index in [2.05, 4.69) is 10.6 Å². The number of carbonyl (C=O) groups excluding carboxylic acids is 2. The molecule has 1 aliphatic heterocycles. The van der Waals surface area contributed by atoms with Gasteiger partial charge in [-0.3, -0.25) is 14.9 Å². The van der Waals surface area contributed by atoms with Crippen molar-refractivity contribution in [2.45, 2.75) is 31.9 Å². The van der Waals surface area contributed by atoms with Gasteiger partial charge in [0, 0.05) is 6.54 Å². The SMILES string of the molecule is CCC(O)CNC1CC(=O)NC1=O. The Hall–Kier alpha value is -0.940. The number of amides is 2. The van der Waals surface area contributed by atoms with Gasteiger partial charge in [0.1, 0.15) is 0 Å². The Morgan fingerprint density at radius 1 is 1.69 bits per heavy atom. The topological polar surface area (TPSA) is 78.4 Å². The quantitative estimate of drug-likeness (QED) is 0.480. The molecule has 5 nitrogen and oxygen atoms in total. The van der Waals surface area contributed by atoms with E-state index in [0.717, 1.165) is 0 Å². The smallest absolute Gasteiger partial charge is 0.244 e. The van der Waals surface area contributed by atoms with E-state index in [9.17, 15) is 14.7 Å². The van der Waals surface area contributed by atoms with Gasteiger partial charge in [-0.05, 0) is 6.42 Å². The number of aliphatic hydroxyl groups is 1. The summed E-state index contributed by atoms with van der Waals surface area (Å²) < 4.78 is 0. The molecule has 0 bridgehead atoms. The monoisotopic (exact) mass is 186 g/mol. The number of aliphatic hydroxyl groups excluding tert-OH is 1. The Kier molecular flexibility index (Phi) is 3.39. The zero-order valence-electron chi connectivity index (χ0n) is 7.54. The van der Waals surface area contributed by atoms with Crippen molar-refractivity contribution in [1.82, 2.24) is 10.6 Å². The predicted octanol–water partition coefficient (Wildman–Crippen LogP) is -1.24. The van der Waals surface area contributed by atoms with Gasteiger partial charge in [0.25, 0.3) is 0 Å². The van der Waals surface area contributed by atoms with E-state index in [0.29, 0.717) is 13.0 Å². The highest BCUT2D eigenvalue weighted by molar-refractivity contribution is 6.05. The first-order chi connectivity index (χ1) is 6.13. The van der Waals surface area contributed by atoms with E-state index in [1.807, 2.05) is 6.92 Å². The summed E-state index contributed by atoms with van der Waals surface area (Å²) in [5.41, 5.74) is 0. The maximum Gasteiger partial charge on any atom is 0.244 e. The molecule has 0 aromatic heterocycles. The normalized spacial score (nSPS) is 24.6. The number of hydrogen-bond acceptors (Lipinski definition) is 4. The molecular weight excluding hydrogens is 172 g/mol. The number of rotatable bonds is 4. The number of carbonyl (C=O) groups is 2. The molecule has 2 atom stereocenters. The van der Waals surface area contributed by atoms with Crippen LogP contribution in [-0.4, -0.2) is 35.6 Å². The summed E-state index contributed by atoms with van der Waals surface area (Å²) in [4.78, 5) is 21.8. The van der Waals surface area contributed by atoms with Crippen LogP contribution in [-0.2, 0) is 9.59 Å². The third kappa shape index (κ3) is 2.78. The van der Waals surface area contributed by atoms with Crippen molar-refractivity contribution in [3.05, 3.63) is 0 Å². The van der Waals surface area contributed by atoms with Gasteiger partial charge in [-0.25, -0.2) is 0 Å². The van der Waals surface area contributed by atoms with E-state index in [-0.39, 0.29) is 18.2 Å². The fraction of sp³-hybridized carbons (Fsp3) is 0.750. The van der Waals surface area contributed by atoms with Crippen molar-refractivity contribution >= 4 is 11.8 Å². The van der Waals surface area contributed by atoms with Crippen molar-refractivity contribution in [2.24, 2.45) is 0 Å². The molecule has 0 aromatic rings. The Morgan fingerprint density at radius 2 is 2.38 bits per heavy atom. The summed E-state index contributed by atoms with van der Waals surface area (Å²) in [6.45, 7) is 2.20. The zero-order chi connectivity index (χ0) is 9.84. The maximum absolute atomic E-state index is 11.0. The molecule has 0 spiro atoms. The van der Waals surface area contributed by atoms with Gasteiger partial charge < -0.3 is 10.4 Å². The van der Waals surface area contributed by atoms with Crippen LogP contribution >= 0.6 is 0 Å². The summed E-state index contributed by atoms with van der Waals surface area (Å²) in [6, 6.07) is -0.464. The van der Waals surface area contributed by atoms with Crippen LogP contribution in [0.25, 0.3) is 0 Å². The van der Waals surface area contributed by atoms with E-state index in [1.54, 1.807) is 0 Å². The van der Waals surface area contributed by atoms with Crippen LogP contribution in [0.1, 0.15) is 19.8 Å². The molecular formula is C8H14N2O3. The van der Waals surface area contributed by atoms with Crippen molar-refractivity contribution in [3.63, 3.8) is 0 Å². The van der Waals surface area contributed by atoms with Gasteiger partial charge in [0.2, 0.25) is 11.8 Å². The number of nitrogens with one attached hydrogen (secondary N) is 2. The zero-order valence-corrected chi connectivity index (χ0v) is 7.54. The van der Waals surface area contributed by atoms with Crippen LogP contribution in [0.2, 0.25) is 0 Å². The molecule has 0 radical (unpaired) electrons. The third-order valence-electron chi connectivity index (χ3n) is 2.04. The van der Waals surface area contributed by atoms with Gasteiger partial charge >= 0.3 is 0 Å². The molecule has 1 heterocycles. The minimum absolute atomic E-state index is 0.176. The van der Waals surface area contributed by atoms with Gasteiger partial charge in [-0.1, -0.05) is 6.92 Å². The van der Waals surface area contributed by atoms with Gasteiger partial charge in [0.05, 0.1) is 18.6 Å². The standard InChI is InChI=1S/C8H14N2O3/c1-2-5(11)4-9-6-3-7(12)10-8(6)13/h5-6,9,11H,2-4H2,1H3,(H,10,12,13). The summed E-state index contributed by atoms with van der Waals surface area (Å²) in [7, 11) is 0. The summed E-state index contributed by atoms with van der Waals surface area (Å²) in [5, 5.41) is 14.2. The molecule has 1 saturated heterocycles. The molecule has 2 amide bonds. The Labute approximate surface area is 76.5 Å². The molecule has 2 unspecified atom stereocenters. The second-order valence-electron chi connectivity index (χ2n) is 3.14. The van der Waals surface area contributed by atoms with Crippen LogP contribution < -0.4 is 10.6 Å². The first kappa shape index (κ1) is 10.1. The number of hydrogen-bond donors (Lipinski definition) is 3. The highest BCUT2D eigenvalue weighted by Gasteiger charge is 2.29. The Bertz CT molecular complexity index is 217. The van der Waals surface area contributed by atoms with E-state index in [4.69, 9.17) is 0 Å². The average molecular weight is 186 g/mol. The third-order valence-corrected chi connectivity index (χ3v) is 2.04. The molecule has 13 heavy (non-hydrogen) atoms. The first-order valence-electron chi connectivity index (χ1n) is 4.38. The lowest BCUT2D eigenvalue weighted by Gasteiger charge is -2.12. The minimum atomic E-state index is -0.464. The molecule has 0 saturated carbocycles. The van der Waals surface area contributed by atoms with Crippen molar-refractivity contribution in [3.8, 4) is 0 Å². The average Bonchev–Trinajstić information content (AvgIpc) is 2.41. The van der Waals surface area contributed by atoms with Crippen LogP contribution in [0.15, 0.2) is 0 Å². The van der Waals surface area contributed by atoms with Crippen LogP contribution in [0.4, 0.5) is 0 Å². The lowest BCUT2D eigenvalue weighted by atomic mass is 10.2. The predicted molar refractivity (Wildman–Crippen MR) is 45.9 cm³/mol. The first-order valence-corrected chi connectivity index (χ1v) is 4.38. The fourth-order valence-corrected chi connectivity index (χ4v) is 1.14. The molecule has 3 N–H and O–H groups in total. The maximum atomic E-state index is 11.0. The van der Waals surface area contributed by atoms with Crippen molar-refractivity contribution in [2.75, 3.05) is 6.54 Å². The van der Waals surface area contributed by atoms with Crippen molar-refractivity contribution in [1.29, 1.82) is 0 Å². The molecule has 0 aromatic carbocycles. The van der Waals surface area contributed by atoms with Gasteiger partial charge in [-0.2, -0.15) is 0 Å². The molecule has 1 rings (SSSR count). The molecule has 5 heteroatoms. The minimum Gasteiger partial charge on any atom is -0.392 e. The Balaban J connectivity index is 2.29. The molecule has 74 valence electrons. The van der Waals surface area contributed by atoms with E-state index < -0.39 is 12.1 Å². The van der Waals surface area contributed by atoms with Crippen molar-refractivity contribution < 1.29 is 14.7 Å². The van der Waals surface area contributed by atoms with Crippen LogP contribution in [0.5, 0.6) is 0 Å². The summed E-state index contributed by atoms with van der Waals surface area (Å²) in [5.74, 6) is -0.554. The molecule has 1 aliphatic rings. The number of imide groups is 1. The Morgan fingerprint density at radius 3 is 2.85 bits per heavy atom. The van der Waals surface area contributed by atoms with E-state index in [1.165, 1.54) is 0 Å². The second-order valence-corrected chi connectivity index (χ2v) is 3.14. The second kappa shape index (κ2) is 4.34. The fourth-order valence-electron chi connectivity index (χ4n) is 1.14. The molecule has 0 aliphatic carbocycles.